The van der Waals surface area contributed by atoms with Crippen LogP contribution in [0.4, 0.5) is 11.4 Å². The summed E-state index contributed by atoms with van der Waals surface area (Å²) in [6.45, 7) is 2.02. The number of aromatic nitrogens is 1. The molecule has 0 aliphatic heterocycles. The average Bonchev–Trinajstić information content (AvgIpc) is 3.19. The number of rotatable bonds is 4. The molecule has 0 aliphatic rings. The lowest BCUT2D eigenvalue weighted by Gasteiger charge is -2.06. The molecule has 6 heteroatoms. The predicted molar refractivity (Wildman–Crippen MR) is 123 cm³/mol. The van der Waals surface area contributed by atoms with E-state index in [0.29, 0.717) is 39.1 Å². The van der Waals surface area contributed by atoms with Gasteiger partial charge in [0.25, 0.3) is 0 Å². The highest BCUT2D eigenvalue weighted by atomic mass is 35.5. The molecular weight excluding hydrogens is 412 g/mol. The first-order valence-corrected chi connectivity index (χ1v) is 10.1. The van der Waals surface area contributed by atoms with Gasteiger partial charge >= 0.3 is 5.63 Å². The summed E-state index contributed by atoms with van der Waals surface area (Å²) in [6.07, 6.45) is 0. The van der Waals surface area contributed by atoms with Crippen molar-refractivity contribution in [1.82, 2.24) is 4.98 Å². The molecule has 0 aliphatic carbocycles. The van der Waals surface area contributed by atoms with Gasteiger partial charge in [-0.05, 0) is 73.2 Å². The SMILES string of the molecule is Cc1ccccc1-c1nc2cc(Nc3ccc(-c4ccc(Cl)cc4)oc3=O)ccc2o1. The van der Waals surface area contributed by atoms with Gasteiger partial charge in [-0.2, -0.15) is 0 Å². The molecule has 0 unspecified atom stereocenters. The second kappa shape index (κ2) is 7.78. The van der Waals surface area contributed by atoms with Crippen molar-refractivity contribution in [3.8, 4) is 22.8 Å². The summed E-state index contributed by atoms with van der Waals surface area (Å²) in [6, 6.07) is 24.0. The quantitative estimate of drug-likeness (QED) is 0.340. The number of oxazole rings is 1. The summed E-state index contributed by atoms with van der Waals surface area (Å²) in [7, 11) is 0. The van der Waals surface area contributed by atoms with E-state index < -0.39 is 5.63 Å². The van der Waals surface area contributed by atoms with Crippen molar-refractivity contribution in [3.05, 3.63) is 99.9 Å². The molecule has 0 atom stereocenters. The van der Waals surface area contributed by atoms with Crippen molar-refractivity contribution < 1.29 is 8.83 Å². The zero-order valence-electron chi connectivity index (χ0n) is 16.6. The molecule has 0 spiro atoms. The van der Waals surface area contributed by atoms with Crippen molar-refractivity contribution in [2.45, 2.75) is 6.92 Å². The largest absolute Gasteiger partial charge is 0.436 e. The molecule has 0 saturated heterocycles. The predicted octanol–water partition coefficient (Wildman–Crippen LogP) is 6.82. The molecule has 0 bridgehead atoms. The van der Waals surface area contributed by atoms with Crippen LogP contribution in [-0.2, 0) is 0 Å². The van der Waals surface area contributed by atoms with Gasteiger partial charge in [-0.3, -0.25) is 0 Å². The summed E-state index contributed by atoms with van der Waals surface area (Å²) in [4.78, 5) is 17.1. The van der Waals surface area contributed by atoms with Gasteiger partial charge in [0.1, 0.15) is 17.0 Å². The van der Waals surface area contributed by atoms with E-state index in [1.807, 2.05) is 49.4 Å². The molecule has 1 N–H and O–H groups in total. The van der Waals surface area contributed by atoms with E-state index in [4.69, 9.17) is 20.4 Å². The lowest BCUT2D eigenvalue weighted by Crippen LogP contribution is -2.06. The minimum Gasteiger partial charge on any atom is -0.436 e. The fourth-order valence-corrected chi connectivity index (χ4v) is 3.49. The fraction of sp³-hybridized carbons (Fsp3) is 0.0400. The first-order chi connectivity index (χ1) is 15.1. The Morgan fingerprint density at radius 1 is 0.903 bits per heavy atom. The Bertz CT molecular complexity index is 1450. The van der Waals surface area contributed by atoms with Crippen LogP contribution in [0.15, 0.2) is 92.5 Å². The first kappa shape index (κ1) is 19.2. The third kappa shape index (κ3) is 3.83. The Kier molecular flexibility index (Phi) is 4.81. The Morgan fingerprint density at radius 2 is 1.71 bits per heavy atom. The molecule has 5 nitrogen and oxygen atoms in total. The molecule has 3 aromatic carbocycles. The maximum Gasteiger partial charge on any atom is 0.360 e. The van der Waals surface area contributed by atoms with Crippen molar-refractivity contribution in [2.24, 2.45) is 0 Å². The maximum atomic E-state index is 12.5. The van der Waals surface area contributed by atoms with Gasteiger partial charge in [-0.1, -0.05) is 29.8 Å². The third-order valence-electron chi connectivity index (χ3n) is 4.99. The van der Waals surface area contributed by atoms with Crippen molar-refractivity contribution in [3.63, 3.8) is 0 Å². The van der Waals surface area contributed by atoms with E-state index in [0.717, 1.165) is 16.7 Å². The highest BCUT2D eigenvalue weighted by molar-refractivity contribution is 6.30. The monoisotopic (exact) mass is 428 g/mol. The van der Waals surface area contributed by atoms with Gasteiger partial charge in [-0.15, -0.1) is 0 Å². The molecule has 5 aromatic rings. The number of hydrogen-bond donors (Lipinski definition) is 1. The van der Waals surface area contributed by atoms with Crippen molar-refractivity contribution in [1.29, 1.82) is 0 Å². The van der Waals surface area contributed by atoms with Crippen LogP contribution in [0.25, 0.3) is 33.9 Å². The standard InChI is InChI=1S/C25H17ClN2O3/c1-15-4-2-3-5-19(15)24-28-21-14-18(10-12-23(21)30-24)27-20-11-13-22(31-25(20)29)16-6-8-17(26)9-7-16/h2-14,27H,1H3. The van der Waals surface area contributed by atoms with Crippen LogP contribution >= 0.6 is 11.6 Å². The summed E-state index contributed by atoms with van der Waals surface area (Å²) in [5.41, 5.74) is 4.77. The van der Waals surface area contributed by atoms with Crippen molar-refractivity contribution >= 4 is 34.1 Å². The summed E-state index contributed by atoms with van der Waals surface area (Å²) in [5, 5.41) is 3.73. The number of hydrogen-bond acceptors (Lipinski definition) is 5. The Hall–Kier alpha value is -3.83. The van der Waals surface area contributed by atoms with E-state index in [1.165, 1.54) is 0 Å². The number of benzene rings is 3. The van der Waals surface area contributed by atoms with Crippen molar-refractivity contribution in [2.75, 3.05) is 5.32 Å². The van der Waals surface area contributed by atoms with E-state index in [-0.39, 0.29) is 0 Å². The Labute approximate surface area is 182 Å². The lowest BCUT2D eigenvalue weighted by molar-refractivity contribution is 0.529. The number of nitrogens with one attached hydrogen (secondary N) is 1. The minimum atomic E-state index is -0.465. The second-order valence-corrected chi connectivity index (χ2v) is 7.59. The molecule has 2 heterocycles. The zero-order chi connectivity index (χ0) is 21.4. The Morgan fingerprint density at radius 3 is 2.48 bits per heavy atom. The first-order valence-electron chi connectivity index (χ1n) is 9.70. The van der Waals surface area contributed by atoms with Crippen LogP contribution in [0.5, 0.6) is 0 Å². The molecule has 5 rings (SSSR count). The maximum absolute atomic E-state index is 12.5. The number of nitrogens with zero attached hydrogens (tertiary/aromatic N) is 1. The molecule has 0 amide bonds. The van der Waals surface area contributed by atoms with Gasteiger partial charge in [0.05, 0.1) is 0 Å². The van der Waals surface area contributed by atoms with Crippen LogP contribution in [0, 0.1) is 6.92 Å². The normalized spacial score (nSPS) is 11.0. The smallest absolute Gasteiger partial charge is 0.360 e. The van der Waals surface area contributed by atoms with E-state index in [1.54, 1.807) is 36.4 Å². The topological polar surface area (TPSA) is 68.3 Å². The van der Waals surface area contributed by atoms with Crippen LogP contribution < -0.4 is 10.9 Å². The molecule has 31 heavy (non-hydrogen) atoms. The average molecular weight is 429 g/mol. The lowest BCUT2D eigenvalue weighted by atomic mass is 10.1. The highest BCUT2D eigenvalue weighted by Gasteiger charge is 2.12. The van der Waals surface area contributed by atoms with E-state index in [2.05, 4.69) is 10.3 Å². The summed E-state index contributed by atoms with van der Waals surface area (Å²) >= 11 is 5.92. The van der Waals surface area contributed by atoms with Crippen LogP contribution in [0.1, 0.15) is 5.56 Å². The molecule has 152 valence electrons. The Balaban J connectivity index is 1.43. The summed E-state index contributed by atoms with van der Waals surface area (Å²) < 4.78 is 11.4. The highest BCUT2D eigenvalue weighted by Crippen LogP contribution is 2.29. The van der Waals surface area contributed by atoms with Gasteiger partial charge in [-0.25, -0.2) is 9.78 Å². The fourth-order valence-electron chi connectivity index (χ4n) is 3.37. The molecule has 0 saturated carbocycles. The van der Waals surface area contributed by atoms with E-state index in [9.17, 15) is 4.79 Å². The van der Waals surface area contributed by atoms with Crippen LogP contribution in [-0.4, -0.2) is 4.98 Å². The van der Waals surface area contributed by atoms with Gasteiger partial charge in [0.15, 0.2) is 5.58 Å². The van der Waals surface area contributed by atoms with Gasteiger partial charge < -0.3 is 14.2 Å². The summed E-state index contributed by atoms with van der Waals surface area (Å²) in [5.74, 6) is 1.04. The molecular formula is C25H17ClN2O3. The zero-order valence-corrected chi connectivity index (χ0v) is 17.3. The van der Waals surface area contributed by atoms with E-state index >= 15 is 0 Å². The van der Waals surface area contributed by atoms with Gasteiger partial charge in [0.2, 0.25) is 5.89 Å². The molecule has 0 radical (unpaired) electrons. The van der Waals surface area contributed by atoms with Gasteiger partial charge in [0, 0.05) is 21.8 Å². The van der Waals surface area contributed by atoms with Crippen LogP contribution in [0.3, 0.4) is 0 Å². The number of anilines is 2. The minimum absolute atomic E-state index is 0.333. The van der Waals surface area contributed by atoms with Crippen LogP contribution in [0.2, 0.25) is 5.02 Å². The third-order valence-corrected chi connectivity index (χ3v) is 5.25. The number of halogens is 1. The second-order valence-electron chi connectivity index (χ2n) is 7.15. The number of fused-ring (bicyclic) bond motifs is 1. The number of aryl methyl sites for hydroxylation is 1. The molecule has 0 fully saturated rings. The molecule has 2 aromatic heterocycles.